The molecular weight excluding hydrogens is 381 g/mol. The molecule has 0 bridgehead atoms. The molecule has 0 saturated carbocycles. The second-order valence-electron chi connectivity index (χ2n) is 5.44. The third kappa shape index (κ3) is 7.26. The quantitative estimate of drug-likeness (QED) is 0.576. The number of ether oxygens (including phenoxy) is 1. The van der Waals surface area contributed by atoms with Crippen molar-refractivity contribution in [1.82, 2.24) is 4.98 Å². The maximum atomic E-state index is 12.3. The van der Waals surface area contributed by atoms with Crippen LogP contribution in [-0.4, -0.2) is 23.2 Å². The fraction of sp³-hybridized carbons (Fsp3) is 0.294. The molecular formula is C17H19F3N4O2S. The first kappa shape index (κ1) is 20.7. The number of pyridine rings is 1. The number of rotatable bonds is 7. The molecule has 0 radical (unpaired) electrons. The number of nitrogens with zero attached hydrogens (tertiary/aromatic N) is 1. The van der Waals surface area contributed by atoms with Gasteiger partial charge in [-0.3, -0.25) is 5.32 Å². The number of halogens is 3. The summed E-state index contributed by atoms with van der Waals surface area (Å²) in [5.41, 5.74) is 2.62. The summed E-state index contributed by atoms with van der Waals surface area (Å²) in [6, 6.07) is 9.23. The maximum Gasteiger partial charge on any atom is 0.446 e. The highest BCUT2D eigenvalue weighted by molar-refractivity contribution is 8.00. The molecule has 0 aliphatic heterocycles. The monoisotopic (exact) mass is 400 g/mol. The molecule has 1 aromatic heterocycles. The van der Waals surface area contributed by atoms with Gasteiger partial charge in [-0.2, -0.15) is 13.2 Å². The molecule has 1 heterocycles. The Morgan fingerprint density at radius 2 is 1.93 bits per heavy atom. The van der Waals surface area contributed by atoms with E-state index in [1.807, 2.05) is 6.92 Å². The molecule has 6 nitrogen and oxygen atoms in total. The standard InChI is InChI=1S/C17H19F3N4O2S/c1-2-9-26-16(25)23-13-7-8-14(24-15(13)21)22-10-11-3-5-12(6-4-11)27-17(18,19)20/h3-8H,2,9-10H2,1H3,(H,23,25)(H3,21,22,24). The summed E-state index contributed by atoms with van der Waals surface area (Å²) in [7, 11) is 0. The van der Waals surface area contributed by atoms with E-state index < -0.39 is 11.6 Å². The number of carbonyl (C=O) groups is 1. The van der Waals surface area contributed by atoms with Gasteiger partial charge in [-0.15, -0.1) is 0 Å². The average molecular weight is 400 g/mol. The number of amides is 1. The largest absolute Gasteiger partial charge is 0.449 e. The fourth-order valence-electron chi connectivity index (χ4n) is 2.02. The topological polar surface area (TPSA) is 89.3 Å². The van der Waals surface area contributed by atoms with E-state index in [9.17, 15) is 18.0 Å². The molecule has 2 aromatic rings. The number of hydrogen-bond donors (Lipinski definition) is 3. The first-order valence-electron chi connectivity index (χ1n) is 8.05. The lowest BCUT2D eigenvalue weighted by atomic mass is 10.2. The van der Waals surface area contributed by atoms with Gasteiger partial charge >= 0.3 is 11.6 Å². The highest BCUT2D eigenvalue weighted by atomic mass is 32.2. The van der Waals surface area contributed by atoms with E-state index in [-0.39, 0.29) is 22.5 Å². The predicted octanol–water partition coefficient (Wildman–Crippen LogP) is 4.85. The number of nitrogens with one attached hydrogen (secondary N) is 2. The summed E-state index contributed by atoms with van der Waals surface area (Å²) in [5.74, 6) is 0.582. The summed E-state index contributed by atoms with van der Waals surface area (Å²) in [4.78, 5) is 15.8. The van der Waals surface area contributed by atoms with E-state index in [4.69, 9.17) is 10.5 Å². The van der Waals surface area contributed by atoms with Crippen molar-refractivity contribution in [3.8, 4) is 0 Å². The third-order valence-corrected chi connectivity index (χ3v) is 3.97. The van der Waals surface area contributed by atoms with Gasteiger partial charge in [-0.25, -0.2) is 9.78 Å². The van der Waals surface area contributed by atoms with Crippen LogP contribution in [0.15, 0.2) is 41.3 Å². The second kappa shape index (κ2) is 9.36. The van der Waals surface area contributed by atoms with Gasteiger partial charge in [-0.1, -0.05) is 19.1 Å². The van der Waals surface area contributed by atoms with Gasteiger partial charge < -0.3 is 15.8 Å². The van der Waals surface area contributed by atoms with Crippen LogP contribution < -0.4 is 16.4 Å². The molecule has 0 saturated heterocycles. The summed E-state index contributed by atoms with van der Waals surface area (Å²) in [6.07, 6.45) is 0.0998. The van der Waals surface area contributed by atoms with Gasteiger partial charge in [0, 0.05) is 11.4 Å². The number of thioether (sulfide) groups is 1. The van der Waals surface area contributed by atoms with E-state index in [0.29, 0.717) is 31.1 Å². The number of alkyl halides is 3. The van der Waals surface area contributed by atoms with Crippen LogP contribution in [-0.2, 0) is 11.3 Å². The second-order valence-corrected chi connectivity index (χ2v) is 6.57. The number of anilines is 3. The highest BCUT2D eigenvalue weighted by Crippen LogP contribution is 2.36. The van der Waals surface area contributed by atoms with Crippen LogP contribution in [0.3, 0.4) is 0 Å². The lowest BCUT2D eigenvalue weighted by Crippen LogP contribution is -2.16. The number of carbonyl (C=O) groups excluding carboxylic acids is 1. The molecule has 0 atom stereocenters. The SMILES string of the molecule is CCCOC(=O)Nc1ccc(NCc2ccc(SC(F)(F)F)cc2)nc1N. The molecule has 1 amide bonds. The summed E-state index contributed by atoms with van der Waals surface area (Å²) in [5, 5.41) is 5.52. The van der Waals surface area contributed by atoms with Crippen LogP contribution >= 0.6 is 11.8 Å². The Labute approximate surface area is 158 Å². The van der Waals surface area contributed by atoms with Gasteiger partial charge in [0.2, 0.25) is 0 Å². The van der Waals surface area contributed by atoms with Crippen molar-refractivity contribution in [1.29, 1.82) is 0 Å². The zero-order valence-electron chi connectivity index (χ0n) is 14.5. The van der Waals surface area contributed by atoms with Crippen molar-refractivity contribution < 1.29 is 22.7 Å². The number of benzene rings is 1. The van der Waals surface area contributed by atoms with Crippen LogP contribution in [0, 0.1) is 0 Å². The summed E-state index contributed by atoms with van der Waals surface area (Å²) < 4.78 is 41.9. The molecule has 4 N–H and O–H groups in total. The predicted molar refractivity (Wildman–Crippen MR) is 99.6 cm³/mol. The van der Waals surface area contributed by atoms with Gasteiger partial charge in [0.25, 0.3) is 0 Å². The average Bonchev–Trinajstić information content (AvgIpc) is 2.60. The smallest absolute Gasteiger partial charge is 0.446 e. The molecule has 27 heavy (non-hydrogen) atoms. The van der Waals surface area contributed by atoms with E-state index in [1.165, 1.54) is 12.1 Å². The van der Waals surface area contributed by atoms with Crippen LogP contribution in [0.5, 0.6) is 0 Å². The first-order chi connectivity index (χ1) is 12.8. The first-order valence-corrected chi connectivity index (χ1v) is 8.87. The molecule has 0 aliphatic rings. The molecule has 2 rings (SSSR count). The van der Waals surface area contributed by atoms with Gasteiger partial charge in [0.1, 0.15) is 11.6 Å². The number of nitrogens with two attached hydrogens (primary N) is 1. The lowest BCUT2D eigenvalue weighted by Gasteiger charge is -2.11. The van der Waals surface area contributed by atoms with Crippen molar-refractivity contribution >= 4 is 35.2 Å². The van der Waals surface area contributed by atoms with Gasteiger partial charge in [0.05, 0.1) is 12.3 Å². The lowest BCUT2D eigenvalue weighted by molar-refractivity contribution is -0.0328. The Hall–Kier alpha value is -2.62. The minimum absolute atomic E-state index is 0.116. The molecule has 1 aromatic carbocycles. The van der Waals surface area contributed by atoms with E-state index in [2.05, 4.69) is 15.6 Å². The van der Waals surface area contributed by atoms with E-state index in [0.717, 1.165) is 5.56 Å². The molecule has 0 fully saturated rings. The number of aromatic nitrogens is 1. The molecule has 10 heteroatoms. The van der Waals surface area contributed by atoms with Crippen molar-refractivity contribution in [3.63, 3.8) is 0 Å². The van der Waals surface area contributed by atoms with Crippen molar-refractivity contribution in [2.24, 2.45) is 0 Å². The van der Waals surface area contributed by atoms with Crippen LogP contribution in [0.4, 0.5) is 35.3 Å². The van der Waals surface area contributed by atoms with E-state index >= 15 is 0 Å². The van der Waals surface area contributed by atoms with Crippen LogP contribution in [0.2, 0.25) is 0 Å². The van der Waals surface area contributed by atoms with Crippen LogP contribution in [0.1, 0.15) is 18.9 Å². The summed E-state index contributed by atoms with van der Waals surface area (Å²) >= 11 is -0.157. The third-order valence-electron chi connectivity index (χ3n) is 3.23. The molecule has 0 unspecified atom stereocenters. The zero-order chi connectivity index (χ0) is 19.9. The molecule has 0 spiro atoms. The van der Waals surface area contributed by atoms with E-state index in [1.54, 1.807) is 24.3 Å². The zero-order valence-corrected chi connectivity index (χ0v) is 15.3. The maximum absolute atomic E-state index is 12.3. The number of hydrogen-bond acceptors (Lipinski definition) is 6. The Morgan fingerprint density at radius 1 is 1.22 bits per heavy atom. The fourth-order valence-corrected chi connectivity index (χ4v) is 2.56. The van der Waals surface area contributed by atoms with Gasteiger partial charge in [-0.05, 0) is 48.0 Å². The summed E-state index contributed by atoms with van der Waals surface area (Å²) in [6.45, 7) is 2.54. The van der Waals surface area contributed by atoms with Crippen molar-refractivity contribution in [3.05, 3.63) is 42.0 Å². The molecule has 0 aliphatic carbocycles. The number of nitrogen functional groups attached to an aromatic ring is 1. The Bertz CT molecular complexity index is 770. The normalized spacial score (nSPS) is 11.1. The Kier molecular flexibility index (Phi) is 7.17. The van der Waals surface area contributed by atoms with Crippen molar-refractivity contribution in [2.75, 3.05) is 23.0 Å². The minimum Gasteiger partial charge on any atom is -0.449 e. The van der Waals surface area contributed by atoms with Crippen LogP contribution in [0.25, 0.3) is 0 Å². The molecule has 146 valence electrons. The highest BCUT2D eigenvalue weighted by Gasteiger charge is 2.28. The minimum atomic E-state index is -4.31. The van der Waals surface area contributed by atoms with Crippen molar-refractivity contribution in [2.45, 2.75) is 30.3 Å². The Morgan fingerprint density at radius 3 is 2.52 bits per heavy atom. The van der Waals surface area contributed by atoms with Gasteiger partial charge in [0.15, 0.2) is 0 Å². The Balaban J connectivity index is 1.90.